The van der Waals surface area contributed by atoms with Crippen LogP contribution in [-0.2, 0) is 11.2 Å². The molecule has 1 aliphatic rings. The zero-order valence-electron chi connectivity index (χ0n) is 25.7. The Bertz CT molecular complexity index is 1800. The van der Waals surface area contributed by atoms with Gasteiger partial charge in [0.25, 0.3) is 0 Å². The summed E-state index contributed by atoms with van der Waals surface area (Å²) in [4.78, 5) is 50.5. The van der Waals surface area contributed by atoms with Gasteiger partial charge in [0.1, 0.15) is 30.0 Å². The molecule has 1 aliphatic heterocycles. The Morgan fingerprint density at radius 2 is 1.46 bits per heavy atom. The largest absolute Gasteiger partial charge is 0.495 e. The average molecular weight is 674 g/mol. The minimum absolute atomic E-state index is 0.0201. The molecule has 48 heavy (non-hydrogen) atoms. The first kappa shape index (κ1) is 33.6. The molecule has 0 aliphatic carbocycles. The zero-order valence-corrected chi connectivity index (χ0v) is 26.5. The number of aromatic carboxylic acids is 2. The number of halogens is 1. The van der Waals surface area contributed by atoms with Crippen molar-refractivity contribution in [1.29, 1.82) is 0 Å². The van der Waals surface area contributed by atoms with E-state index in [9.17, 15) is 29.4 Å². The second-order valence-corrected chi connectivity index (χ2v) is 11.3. The van der Waals surface area contributed by atoms with Gasteiger partial charge in [-0.3, -0.25) is 4.79 Å². The Balaban J connectivity index is 1.27. The number of hydrogen-bond donors (Lipinski definition) is 4. The SMILES string of the molecule is COc1cc(CC(=O)N2C[C@@H](Oc3ccc(C(=O)O)cc3)C[C@H]2COc2ccc(C(=O)O)cc2)ccc1NC(=O)Nc1ccccc1Cl. The van der Waals surface area contributed by atoms with Crippen molar-refractivity contribution in [2.45, 2.75) is 25.0 Å². The van der Waals surface area contributed by atoms with Crippen molar-refractivity contribution in [1.82, 2.24) is 4.90 Å². The lowest BCUT2D eigenvalue weighted by Crippen LogP contribution is -2.40. The first-order valence-electron chi connectivity index (χ1n) is 14.8. The molecule has 4 N–H and O–H groups in total. The van der Waals surface area contributed by atoms with Crippen LogP contribution >= 0.6 is 11.6 Å². The molecule has 13 heteroatoms. The van der Waals surface area contributed by atoms with Crippen LogP contribution in [0.1, 0.15) is 32.7 Å². The Morgan fingerprint density at radius 1 is 0.833 bits per heavy atom. The van der Waals surface area contributed by atoms with E-state index in [0.717, 1.165) is 0 Å². The van der Waals surface area contributed by atoms with Crippen molar-refractivity contribution in [2.24, 2.45) is 0 Å². The van der Waals surface area contributed by atoms with Crippen molar-refractivity contribution in [3.05, 3.63) is 113 Å². The molecule has 0 bridgehead atoms. The lowest BCUT2D eigenvalue weighted by molar-refractivity contribution is -0.132. The number of carboxylic acid groups (broad SMARTS) is 2. The lowest BCUT2D eigenvalue weighted by Gasteiger charge is -2.25. The lowest BCUT2D eigenvalue weighted by atomic mass is 10.1. The number of amides is 3. The minimum atomic E-state index is -1.05. The molecule has 1 saturated heterocycles. The third-order valence-electron chi connectivity index (χ3n) is 7.64. The van der Waals surface area contributed by atoms with Crippen LogP contribution in [0.2, 0.25) is 5.02 Å². The standard InChI is InChI=1S/C35H32ClN3O9/c1-46-31-16-21(6-15-30(31)38-35(45)37-29-5-3-2-4-28(29)36)17-32(40)39-19-27(48-26-13-9-23(10-14-26)34(43)44)18-24(39)20-47-25-11-7-22(8-12-25)33(41)42/h2-16,24,27H,17-20H2,1H3,(H,41,42)(H,43,44)(H2,37,38,45)/t24-,27-/m0/s1. The fraction of sp³-hybridized carbons (Fsp3) is 0.200. The first-order chi connectivity index (χ1) is 23.1. The quantitative estimate of drug-likeness (QED) is 0.140. The van der Waals surface area contributed by atoms with E-state index in [0.29, 0.717) is 45.6 Å². The van der Waals surface area contributed by atoms with Gasteiger partial charge in [0.05, 0.1) is 53.6 Å². The Kier molecular flexibility index (Phi) is 10.7. The van der Waals surface area contributed by atoms with Crippen molar-refractivity contribution in [2.75, 3.05) is 30.9 Å². The second kappa shape index (κ2) is 15.2. The van der Waals surface area contributed by atoms with E-state index in [4.69, 9.17) is 25.8 Å². The first-order valence-corrected chi connectivity index (χ1v) is 15.2. The maximum absolute atomic E-state index is 13.7. The fourth-order valence-electron chi connectivity index (χ4n) is 5.24. The summed E-state index contributed by atoms with van der Waals surface area (Å²) < 4.78 is 17.6. The number of carbonyl (C=O) groups excluding carboxylic acids is 2. The van der Waals surface area contributed by atoms with Gasteiger partial charge < -0.3 is 40.0 Å². The number of carbonyl (C=O) groups is 4. The smallest absolute Gasteiger partial charge is 0.335 e. The van der Waals surface area contributed by atoms with E-state index in [1.165, 1.54) is 31.4 Å². The second-order valence-electron chi connectivity index (χ2n) is 10.9. The number of anilines is 2. The van der Waals surface area contributed by atoms with E-state index < -0.39 is 24.1 Å². The normalized spacial score (nSPS) is 15.3. The molecule has 0 aromatic heterocycles. The van der Waals surface area contributed by atoms with Crippen molar-refractivity contribution >= 4 is 46.9 Å². The van der Waals surface area contributed by atoms with E-state index in [-0.39, 0.29) is 42.6 Å². The number of rotatable bonds is 12. The Hall–Kier alpha value is -5.75. The van der Waals surface area contributed by atoms with Gasteiger partial charge in [-0.2, -0.15) is 0 Å². The fourth-order valence-corrected chi connectivity index (χ4v) is 5.42. The number of benzene rings is 4. The van der Waals surface area contributed by atoms with Gasteiger partial charge in [0, 0.05) is 6.42 Å². The number of urea groups is 1. The highest BCUT2D eigenvalue weighted by molar-refractivity contribution is 6.33. The maximum Gasteiger partial charge on any atom is 0.335 e. The van der Waals surface area contributed by atoms with Gasteiger partial charge in [-0.1, -0.05) is 29.8 Å². The van der Waals surface area contributed by atoms with Gasteiger partial charge in [-0.15, -0.1) is 0 Å². The number of methoxy groups -OCH3 is 1. The van der Waals surface area contributed by atoms with Gasteiger partial charge in [0.15, 0.2) is 0 Å². The number of hydrogen-bond acceptors (Lipinski definition) is 7. The van der Waals surface area contributed by atoms with E-state index in [1.54, 1.807) is 71.6 Å². The van der Waals surface area contributed by atoms with E-state index >= 15 is 0 Å². The van der Waals surface area contributed by atoms with Gasteiger partial charge in [-0.25, -0.2) is 14.4 Å². The van der Waals surface area contributed by atoms with Gasteiger partial charge >= 0.3 is 18.0 Å². The summed E-state index contributed by atoms with van der Waals surface area (Å²) >= 11 is 6.14. The Labute approximate surface area is 280 Å². The maximum atomic E-state index is 13.7. The minimum Gasteiger partial charge on any atom is -0.495 e. The van der Waals surface area contributed by atoms with E-state index in [1.807, 2.05) is 0 Å². The molecule has 0 radical (unpaired) electrons. The summed E-state index contributed by atoms with van der Waals surface area (Å²) in [5, 5.41) is 24.2. The number of nitrogens with one attached hydrogen (secondary N) is 2. The third-order valence-corrected chi connectivity index (χ3v) is 7.97. The molecule has 2 atom stereocenters. The molecule has 4 aromatic rings. The van der Waals surface area contributed by atoms with Gasteiger partial charge in [-0.05, 0) is 78.4 Å². The van der Waals surface area contributed by atoms with E-state index in [2.05, 4.69) is 10.6 Å². The van der Waals surface area contributed by atoms with Gasteiger partial charge in [0.2, 0.25) is 5.91 Å². The predicted octanol–water partition coefficient (Wildman–Crippen LogP) is 6.06. The highest BCUT2D eigenvalue weighted by atomic mass is 35.5. The van der Waals surface area contributed by atoms with Crippen molar-refractivity contribution < 1.29 is 43.6 Å². The Morgan fingerprint density at radius 3 is 2.08 bits per heavy atom. The van der Waals surface area contributed by atoms with Crippen LogP contribution in [0.5, 0.6) is 17.2 Å². The van der Waals surface area contributed by atoms with Crippen LogP contribution in [0.4, 0.5) is 16.2 Å². The number of ether oxygens (including phenoxy) is 3. The molecule has 0 saturated carbocycles. The molecule has 12 nitrogen and oxygen atoms in total. The number of likely N-dealkylation sites (tertiary alicyclic amines) is 1. The third kappa shape index (κ3) is 8.53. The molecule has 1 fully saturated rings. The average Bonchev–Trinajstić information content (AvgIpc) is 3.48. The molecular weight excluding hydrogens is 642 g/mol. The summed E-state index contributed by atoms with van der Waals surface area (Å²) in [6.07, 6.45) is 0.0592. The van der Waals surface area contributed by atoms with Crippen LogP contribution in [0.15, 0.2) is 91.0 Å². The number of para-hydroxylation sites is 1. The summed E-state index contributed by atoms with van der Waals surface area (Å²) in [6.45, 7) is 0.382. The zero-order chi connectivity index (χ0) is 34.2. The van der Waals surface area contributed by atoms with Crippen LogP contribution < -0.4 is 24.8 Å². The van der Waals surface area contributed by atoms with Crippen LogP contribution in [0.3, 0.4) is 0 Å². The summed E-state index contributed by atoms with van der Waals surface area (Å²) in [7, 11) is 1.46. The van der Waals surface area contributed by atoms with Crippen molar-refractivity contribution in [3.63, 3.8) is 0 Å². The molecule has 5 rings (SSSR count). The topological polar surface area (TPSA) is 164 Å². The van der Waals surface area contributed by atoms with Crippen LogP contribution in [0.25, 0.3) is 0 Å². The number of nitrogens with zero attached hydrogens (tertiary/aromatic N) is 1. The molecule has 1 heterocycles. The highest BCUT2D eigenvalue weighted by Crippen LogP contribution is 2.29. The highest BCUT2D eigenvalue weighted by Gasteiger charge is 2.37. The molecule has 0 spiro atoms. The molecule has 0 unspecified atom stereocenters. The van der Waals surface area contributed by atoms with Crippen LogP contribution in [-0.4, -0.2) is 71.4 Å². The predicted molar refractivity (Wildman–Crippen MR) is 178 cm³/mol. The molecule has 3 amide bonds. The summed E-state index contributed by atoms with van der Waals surface area (Å²) in [5.41, 5.74) is 1.73. The van der Waals surface area contributed by atoms with Crippen LogP contribution in [0, 0.1) is 0 Å². The molecular formula is C35H32ClN3O9. The molecule has 4 aromatic carbocycles. The molecule has 248 valence electrons. The monoisotopic (exact) mass is 673 g/mol. The summed E-state index contributed by atoms with van der Waals surface area (Å²) in [6, 6.07) is 23.0. The number of carboxylic acids is 2. The summed E-state index contributed by atoms with van der Waals surface area (Å²) in [5.74, 6) is -1.02. The van der Waals surface area contributed by atoms with Crippen molar-refractivity contribution in [3.8, 4) is 17.2 Å².